The summed E-state index contributed by atoms with van der Waals surface area (Å²) < 4.78 is 5.76. The normalized spacial score (nSPS) is 20.4. The van der Waals surface area contributed by atoms with Gasteiger partial charge in [-0.15, -0.1) is 11.8 Å². The van der Waals surface area contributed by atoms with Crippen LogP contribution in [0, 0.1) is 17.8 Å². The summed E-state index contributed by atoms with van der Waals surface area (Å²) in [4.78, 5) is 0. The zero-order valence-corrected chi connectivity index (χ0v) is 11.6. The number of methoxy groups -OCH3 is 1. The standard InChI is InChI=1S/C15H27NO/c1-4-5-7-12-14(16-2)15(17-3)13-10-8-6-9-11-13/h13-16H,6-12H2,1-3H3. The first-order valence-corrected chi connectivity index (χ1v) is 6.93. The second-order valence-corrected chi connectivity index (χ2v) is 4.96. The molecule has 0 saturated heterocycles. The minimum absolute atomic E-state index is 0.360. The lowest BCUT2D eigenvalue weighted by molar-refractivity contribution is 0.00836. The molecular weight excluding hydrogens is 210 g/mol. The molecule has 98 valence electrons. The Kier molecular flexibility index (Phi) is 7.32. The molecular formula is C15H27NO. The topological polar surface area (TPSA) is 21.3 Å². The minimum atomic E-state index is 0.360. The zero-order chi connectivity index (χ0) is 12.5. The SMILES string of the molecule is CC#CCCC(NC)C(OC)C1CCCCC1. The lowest BCUT2D eigenvalue weighted by atomic mass is 9.81. The Morgan fingerprint density at radius 3 is 2.53 bits per heavy atom. The monoisotopic (exact) mass is 237 g/mol. The number of likely N-dealkylation sites (N-methyl/N-ethyl adjacent to an activating group) is 1. The van der Waals surface area contributed by atoms with Crippen molar-refractivity contribution in [1.82, 2.24) is 5.32 Å². The van der Waals surface area contributed by atoms with Crippen LogP contribution in [-0.4, -0.2) is 26.3 Å². The fourth-order valence-electron chi connectivity index (χ4n) is 2.97. The van der Waals surface area contributed by atoms with Crippen molar-refractivity contribution in [2.45, 2.75) is 64.0 Å². The van der Waals surface area contributed by atoms with Crippen LogP contribution in [0.2, 0.25) is 0 Å². The summed E-state index contributed by atoms with van der Waals surface area (Å²) in [5, 5.41) is 3.42. The summed E-state index contributed by atoms with van der Waals surface area (Å²) in [6.45, 7) is 1.91. The predicted octanol–water partition coefficient (Wildman–Crippen LogP) is 2.97. The highest BCUT2D eigenvalue weighted by Crippen LogP contribution is 2.30. The van der Waals surface area contributed by atoms with Crippen LogP contribution in [0.15, 0.2) is 0 Å². The van der Waals surface area contributed by atoms with E-state index >= 15 is 0 Å². The van der Waals surface area contributed by atoms with Crippen LogP contribution in [0.5, 0.6) is 0 Å². The van der Waals surface area contributed by atoms with Crippen molar-refractivity contribution in [2.75, 3.05) is 14.2 Å². The average Bonchev–Trinajstić information content (AvgIpc) is 2.39. The Morgan fingerprint density at radius 1 is 1.29 bits per heavy atom. The van der Waals surface area contributed by atoms with E-state index in [9.17, 15) is 0 Å². The molecule has 1 N–H and O–H groups in total. The third-order valence-corrected chi connectivity index (χ3v) is 3.91. The molecule has 1 aliphatic carbocycles. The molecule has 0 spiro atoms. The van der Waals surface area contributed by atoms with Crippen molar-refractivity contribution >= 4 is 0 Å². The summed E-state index contributed by atoms with van der Waals surface area (Å²) >= 11 is 0. The molecule has 0 aromatic carbocycles. The molecule has 2 nitrogen and oxygen atoms in total. The van der Waals surface area contributed by atoms with Gasteiger partial charge >= 0.3 is 0 Å². The van der Waals surface area contributed by atoms with E-state index in [0.29, 0.717) is 12.1 Å². The number of hydrogen-bond donors (Lipinski definition) is 1. The molecule has 17 heavy (non-hydrogen) atoms. The van der Waals surface area contributed by atoms with Gasteiger partial charge in [-0.3, -0.25) is 0 Å². The Hall–Kier alpha value is -0.520. The summed E-state index contributed by atoms with van der Waals surface area (Å²) in [6.07, 6.45) is 9.22. The van der Waals surface area contributed by atoms with Gasteiger partial charge in [0.15, 0.2) is 0 Å². The molecule has 1 aliphatic rings. The lowest BCUT2D eigenvalue weighted by Crippen LogP contribution is -2.44. The molecule has 2 atom stereocenters. The molecule has 0 radical (unpaired) electrons. The van der Waals surface area contributed by atoms with E-state index in [1.54, 1.807) is 0 Å². The molecule has 0 aliphatic heterocycles. The summed E-state index contributed by atoms with van der Waals surface area (Å²) in [5.74, 6) is 6.85. The molecule has 2 unspecified atom stereocenters. The highest BCUT2D eigenvalue weighted by molar-refractivity contribution is 4.96. The van der Waals surface area contributed by atoms with Crippen LogP contribution >= 0.6 is 0 Å². The highest BCUT2D eigenvalue weighted by atomic mass is 16.5. The van der Waals surface area contributed by atoms with Crippen LogP contribution in [0.4, 0.5) is 0 Å². The van der Waals surface area contributed by atoms with Crippen molar-refractivity contribution < 1.29 is 4.74 Å². The molecule has 0 bridgehead atoms. The molecule has 0 amide bonds. The van der Waals surface area contributed by atoms with Gasteiger partial charge in [0, 0.05) is 19.6 Å². The van der Waals surface area contributed by atoms with Crippen molar-refractivity contribution in [3.8, 4) is 11.8 Å². The van der Waals surface area contributed by atoms with Crippen LogP contribution in [-0.2, 0) is 4.74 Å². The third-order valence-electron chi connectivity index (χ3n) is 3.91. The summed E-state index contributed by atoms with van der Waals surface area (Å²) in [7, 11) is 3.90. The average molecular weight is 237 g/mol. The number of nitrogens with one attached hydrogen (secondary N) is 1. The molecule has 0 aromatic rings. The highest BCUT2D eigenvalue weighted by Gasteiger charge is 2.29. The van der Waals surface area contributed by atoms with Crippen molar-refractivity contribution in [2.24, 2.45) is 5.92 Å². The van der Waals surface area contributed by atoms with Gasteiger partial charge in [0.05, 0.1) is 6.10 Å². The first-order chi connectivity index (χ1) is 8.33. The van der Waals surface area contributed by atoms with E-state index < -0.39 is 0 Å². The minimum Gasteiger partial charge on any atom is -0.380 e. The lowest BCUT2D eigenvalue weighted by Gasteiger charge is -2.34. The maximum Gasteiger partial charge on any atom is 0.0752 e. The van der Waals surface area contributed by atoms with E-state index in [0.717, 1.165) is 18.8 Å². The Morgan fingerprint density at radius 2 is 2.00 bits per heavy atom. The molecule has 2 heteroatoms. The van der Waals surface area contributed by atoms with Crippen molar-refractivity contribution in [3.05, 3.63) is 0 Å². The number of ether oxygens (including phenoxy) is 1. The first-order valence-electron chi connectivity index (χ1n) is 6.93. The molecule has 1 rings (SSSR count). The predicted molar refractivity (Wildman–Crippen MR) is 72.9 cm³/mol. The van der Waals surface area contributed by atoms with Crippen LogP contribution < -0.4 is 5.32 Å². The van der Waals surface area contributed by atoms with E-state index in [1.165, 1.54) is 32.1 Å². The quantitative estimate of drug-likeness (QED) is 0.717. The van der Waals surface area contributed by atoms with Crippen LogP contribution in [0.3, 0.4) is 0 Å². The van der Waals surface area contributed by atoms with E-state index in [1.807, 2.05) is 21.1 Å². The van der Waals surface area contributed by atoms with Gasteiger partial charge in [-0.1, -0.05) is 19.3 Å². The van der Waals surface area contributed by atoms with Gasteiger partial charge in [0.25, 0.3) is 0 Å². The van der Waals surface area contributed by atoms with Crippen molar-refractivity contribution in [3.63, 3.8) is 0 Å². The van der Waals surface area contributed by atoms with Gasteiger partial charge in [-0.2, -0.15) is 0 Å². The fraction of sp³-hybridized carbons (Fsp3) is 0.867. The van der Waals surface area contributed by atoms with E-state index in [2.05, 4.69) is 17.2 Å². The maximum absolute atomic E-state index is 5.76. The van der Waals surface area contributed by atoms with Gasteiger partial charge in [-0.25, -0.2) is 0 Å². The molecule has 1 saturated carbocycles. The van der Waals surface area contributed by atoms with Crippen molar-refractivity contribution in [1.29, 1.82) is 0 Å². The molecule has 1 fully saturated rings. The van der Waals surface area contributed by atoms with Gasteiger partial charge in [-0.05, 0) is 39.2 Å². The number of hydrogen-bond acceptors (Lipinski definition) is 2. The maximum atomic E-state index is 5.76. The molecule has 0 heterocycles. The van der Waals surface area contributed by atoms with Crippen LogP contribution in [0.1, 0.15) is 51.9 Å². The summed E-state index contributed by atoms with van der Waals surface area (Å²) in [6, 6.07) is 0.448. The second kappa shape index (κ2) is 8.55. The van der Waals surface area contributed by atoms with Gasteiger partial charge in [0.2, 0.25) is 0 Å². The first kappa shape index (κ1) is 14.5. The molecule has 0 aromatic heterocycles. The third kappa shape index (κ3) is 4.69. The largest absolute Gasteiger partial charge is 0.380 e. The van der Waals surface area contributed by atoms with Crippen LogP contribution in [0.25, 0.3) is 0 Å². The summed E-state index contributed by atoms with van der Waals surface area (Å²) in [5.41, 5.74) is 0. The van der Waals surface area contributed by atoms with E-state index in [4.69, 9.17) is 4.74 Å². The fourth-order valence-corrected chi connectivity index (χ4v) is 2.97. The zero-order valence-electron chi connectivity index (χ0n) is 11.6. The Bertz CT molecular complexity index is 247. The smallest absolute Gasteiger partial charge is 0.0752 e. The number of rotatable bonds is 6. The van der Waals surface area contributed by atoms with Gasteiger partial charge < -0.3 is 10.1 Å². The van der Waals surface area contributed by atoms with E-state index in [-0.39, 0.29) is 0 Å². The van der Waals surface area contributed by atoms with Gasteiger partial charge in [0.1, 0.15) is 0 Å². The Labute approximate surface area is 107 Å². The second-order valence-electron chi connectivity index (χ2n) is 4.96. The Balaban J connectivity index is 2.50.